The van der Waals surface area contributed by atoms with Crippen LogP contribution in [0.3, 0.4) is 0 Å². The van der Waals surface area contributed by atoms with Crippen molar-refractivity contribution in [3.05, 3.63) is 105 Å². The van der Waals surface area contributed by atoms with Crippen molar-refractivity contribution in [2.24, 2.45) is 5.41 Å². The molecule has 2 aromatic carbocycles. The van der Waals surface area contributed by atoms with Gasteiger partial charge in [-0.15, -0.1) is 0 Å². The molecule has 0 bridgehead atoms. The van der Waals surface area contributed by atoms with Crippen molar-refractivity contribution in [1.82, 2.24) is 29.5 Å². The Hall–Kier alpha value is -4.51. The molecule has 338 valence electrons. The zero-order chi connectivity index (χ0) is 44.4. The molecule has 6 heterocycles. The zero-order valence-corrected chi connectivity index (χ0v) is 39.6. The number of halogens is 2. The van der Waals surface area contributed by atoms with Crippen LogP contribution in [0.2, 0.25) is 5.02 Å². The van der Waals surface area contributed by atoms with Gasteiger partial charge in [-0.3, -0.25) is 9.69 Å². The fourth-order valence-electron chi connectivity index (χ4n) is 9.54. The summed E-state index contributed by atoms with van der Waals surface area (Å²) in [6, 6.07) is 19.5. The largest absolute Gasteiger partial charge is 0.455 e. The van der Waals surface area contributed by atoms with E-state index < -0.39 is 15.9 Å². The lowest BCUT2D eigenvalue weighted by molar-refractivity contribution is 0.0262. The summed E-state index contributed by atoms with van der Waals surface area (Å²) in [5.41, 5.74) is 6.07. The number of carbonyl (C=O) groups is 1. The molecule has 9 rings (SSSR count). The summed E-state index contributed by atoms with van der Waals surface area (Å²) in [4.78, 5) is 33.2. The third kappa shape index (κ3) is 10.5. The predicted octanol–water partition coefficient (Wildman–Crippen LogP) is 9.13. The molecular formula is C48H56BrClN8O5S. The summed E-state index contributed by atoms with van der Waals surface area (Å²) in [5.74, 6) is 0.371. The van der Waals surface area contributed by atoms with E-state index in [0.29, 0.717) is 27.7 Å². The van der Waals surface area contributed by atoms with Crippen LogP contribution in [-0.4, -0.2) is 110 Å². The Morgan fingerprint density at radius 1 is 0.953 bits per heavy atom. The number of benzene rings is 2. The number of likely N-dealkylation sites (tertiary alicyclic amines) is 1. The van der Waals surface area contributed by atoms with Gasteiger partial charge in [0.05, 0.1) is 16.2 Å². The minimum absolute atomic E-state index is 0.0689. The van der Waals surface area contributed by atoms with E-state index in [1.54, 1.807) is 18.5 Å². The van der Waals surface area contributed by atoms with E-state index in [2.05, 4.69) is 81.6 Å². The number of hydrogen-bond acceptors (Lipinski definition) is 11. The summed E-state index contributed by atoms with van der Waals surface area (Å²) in [6.07, 6.45) is 12.0. The van der Waals surface area contributed by atoms with Crippen LogP contribution in [0.15, 0.2) is 94.2 Å². The molecule has 1 aliphatic carbocycles. The Bertz CT molecular complexity index is 2620. The molecule has 3 saturated heterocycles. The molecule has 0 saturated carbocycles. The number of aromatic nitrogens is 3. The predicted molar refractivity (Wildman–Crippen MR) is 256 cm³/mol. The molecule has 5 aromatic rings. The molecule has 3 aliphatic heterocycles. The van der Waals surface area contributed by atoms with Crippen molar-refractivity contribution in [3.8, 4) is 11.5 Å². The molecule has 0 unspecified atom stereocenters. The highest BCUT2D eigenvalue weighted by Crippen LogP contribution is 2.43. The maximum absolute atomic E-state index is 14.0. The van der Waals surface area contributed by atoms with Crippen LogP contribution in [0.4, 0.5) is 11.5 Å². The third-order valence-electron chi connectivity index (χ3n) is 13.3. The monoisotopic (exact) mass is 970 g/mol. The SMILES string of the molecule is CC1(C)CCC(CN2CCN(c3ccc(C(=O)NS(=O)(=O)c4cnc(NC5CCN(C6CCOCC6)CC5)c(Br)c4)c(Oc4cnc5[nH]ccc5c4)c3)CC2)=C(c2ccc(Cl)cc2)C1. The second-order valence-electron chi connectivity index (χ2n) is 18.3. The summed E-state index contributed by atoms with van der Waals surface area (Å²) >= 11 is 9.80. The number of nitrogens with zero attached hydrogens (tertiary/aromatic N) is 5. The van der Waals surface area contributed by atoms with Crippen LogP contribution in [0.1, 0.15) is 74.7 Å². The minimum atomic E-state index is -4.32. The average Bonchev–Trinajstić information content (AvgIpc) is 3.77. The maximum Gasteiger partial charge on any atom is 0.268 e. The highest BCUT2D eigenvalue weighted by molar-refractivity contribution is 9.10. The van der Waals surface area contributed by atoms with Crippen LogP contribution in [0.5, 0.6) is 11.5 Å². The average molecular weight is 972 g/mol. The van der Waals surface area contributed by atoms with E-state index in [0.717, 1.165) is 120 Å². The normalized spacial score (nSPS) is 19.5. The van der Waals surface area contributed by atoms with Crippen molar-refractivity contribution < 1.29 is 22.7 Å². The number of pyridine rings is 2. The number of sulfonamides is 1. The number of piperazine rings is 1. The second-order valence-corrected chi connectivity index (χ2v) is 21.3. The molecule has 0 spiro atoms. The maximum atomic E-state index is 14.0. The Morgan fingerprint density at radius 2 is 1.72 bits per heavy atom. The first-order chi connectivity index (χ1) is 30.9. The number of nitrogens with one attached hydrogen (secondary N) is 3. The number of rotatable bonds is 12. The van der Waals surface area contributed by atoms with E-state index in [1.807, 2.05) is 36.4 Å². The molecule has 3 N–H and O–H groups in total. The Balaban J connectivity index is 0.885. The fourth-order valence-corrected chi connectivity index (χ4v) is 11.2. The van der Waals surface area contributed by atoms with Crippen LogP contribution in [-0.2, 0) is 14.8 Å². The molecule has 0 radical (unpaired) electrons. The number of aromatic amines is 1. The zero-order valence-electron chi connectivity index (χ0n) is 36.4. The number of amides is 1. The van der Waals surface area contributed by atoms with Gasteiger partial charge >= 0.3 is 0 Å². The molecule has 13 nitrogen and oxygen atoms in total. The number of H-pyrrole nitrogens is 1. The number of anilines is 2. The van der Waals surface area contributed by atoms with Crippen LogP contribution in [0.25, 0.3) is 16.6 Å². The van der Waals surface area contributed by atoms with Crippen LogP contribution in [0, 0.1) is 5.41 Å². The topological polar surface area (TPSA) is 145 Å². The smallest absolute Gasteiger partial charge is 0.268 e. The van der Waals surface area contributed by atoms with E-state index in [-0.39, 0.29) is 27.7 Å². The van der Waals surface area contributed by atoms with Gasteiger partial charge in [0.1, 0.15) is 27.9 Å². The Labute approximate surface area is 389 Å². The summed E-state index contributed by atoms with van der Waals surface area (Å²) < 4.78 is 42.3. The highest BCUT2D eigenvalue weighted by Gasteiger charge is 2.31. The van der Waals surface area contributed by atoms with Gasteiger partial charge in [-0.1, -0.05) is 43.2 Å². The lowest BCUT2D eigenvalue weighted by atomic mass is 9.72. The van der Waals surface area contributed by atoms with Gasteiger partial charge in [0.2, 0.25) is 0 Å². The molecule has 1 amide bonds. The number of allylic oxidation sites excluding steroid dienone is 1. The summed E-state index contributed by atoms with van der Waals surface area (Å²) in [5, 5.41) is 5.08. The lowest BCUT2D eigenvalue weighted by Crippen LogP contribution is -2.47. The Morgan fingerprint density at radius 3 is 2.47 bits per heavy atom. The van der Waals surface area contributed by atoms with E-state index >= 15 is 0 Å². The molecule has 16 heteroatoms. The van der Waals surface area contributed by atoms with Crippen LogP contribution >= 0.6 is 27.5 Å². The molecule has 4 aliphatic rings. The quantitative estimate of drug-likeness (QED) is 0.110. The van der Waals surface area contributed by atoms with Gasteiger partial charge in [-0.05, 0) is 120 Å². The van der Waals surface area contributed by atoms with E-state index in [9.17, 15) is 13.2 Å². The van der Waals surface area contributed by atoms with Crippen molar-refractivity contribution in [3.63, 3.8) is 0 Å². The second kappa shape index (κ2) is 19.1. The van der Waals surface area contributed by atoms with Crippen molar-refractivity contribution >= 4 is 71.6 Å². The summed E-state index contributed by atoms with van der Waals surface area (Å²) in [7, 11) is -4.32. The van der Waals surface area contributed by atoms with Crippen LogP contribution < -0.4 is 19.7 Å². The molecule has 64 heavy (non-hydrogen) atoms. The summed E-state index contributed by atoms with van der Waals surface area (Å²) in [6.45, 7) is 12.5. The first kappa shape index (κ1) is 44.7. The molecule has 3 fully saturated rings. The van der Waals surface area contributed by atoms with Gasteiger partial charge in [0.15, 0.2) is 0 Å². The fraction of sp³-hybridized carbons (Fsp3) is 0.438. The molecule has 0 atom stereocenters. The van der Waals surface area contributed by atoms with Crippen molar-refractivity contribution in [2.45, 2.75) is 75.8 Å². The van der Waals surface area contributed by atoms with Gasteiger partial charge in [-0.2, -0.15) is 0 Å². The lowest BCUT2D eigenvalue weighted by Gasteiger charge is -2.39. The first-order valence-electron chi connectivity index (χ1n) is 22.4. The number of ether oxygens (including phenoxy) is 2. The van der Waals surface area contributed by atoms with Crippen molar-refractivity contribution in [2.75, 3.05) is 69.2 Å². The van der Waals surface area contributed by atoms with E-state index in [1.165, 1.54) is 29.0 Å². The van der Waals surface area contributed by atoms with Gasteiger partial charge in [0, 0.05) is 106 Å². The van der Waals surface area contributed by atoms with Gasteiger partial charge < -0.3 is 29.6 Å². The number of piperidine rings is 1. The van der Waals surface area contributed by atoms with E-state index in [4.69, 9.17) is 21.1 Å². The minimum Gasteiger partial charge on any atom is -0.455 e. The number of hydrogen-bond donors (Lipinski definition) is 3. The van der Waals surface area contributed by atoms with Crippen molar-refractivity contribution in [1.29, 1.82) is 0 Å². The highest BCUT2D eigenvalue weighted by atomic mass is 79.9. The van der Waals surface area contributed by atoms with Gasteiger partial charge in [0.25, 0.3) is 15.9 Å². The third-order valence-corrected chi connectivity index (χ3v) is 15.4. The molecule has 3 aromatic heterocycles. The Kier molecular flexibility index (Phi) is 13.4. The molecular weight excluding hydrogens is 916 g/mol. The number of carbonyl (C=O) groups excluding carboxylic acids is 1. The standard InChI is InChI=1S/C48H56BrClN8O5S/c1-48(2)15-9-34(42(28-48)32-3-5-35(50)6-4-32)31-56-19-21-58(22-20-56)38-7-8-41(44(26-38)63-39-25-33-10-16-51-45(33)52-29-39)47(59)55-64(60,61)40-27-43(49)46(53-30-40)54-36-11-17-57(18-12-36)37-13-23-62-24-14-37/h3-8,10,16,25-27,29-30,36-37H,9,11-15,17-24,28,31H2,1-2H3,(H,51,52)(H,53,54)(H,55,59). The van der Waals surface area contributed by atoms with Gasteiger partial charge in [-0.25, -0.2) is 23.1 Å². The first-order valence-corrected chi connectivity index (χ1v) is 25.0. The number of fused-ring (bicyclic) bond motifs is 1.